The Morgan fingerprint density at radius 2 is 0.681 bits per heavy atom. The van der Waals surface area contributed by atoms with Crippen molar-refractivity contribution in [3.05, 3.63) is 237 Å². The van der Waals surface area contributed by atoms with Gasteiger partial charge in [-0.2, -0.15) is 0 Å². The summed E-state index contributed by atoms with van der Waals surface area (Å²) in [5.41, 5.74) is 23.8. The van der Waals surface area contributed by atoms with Crippen molar-refractivity contribution in [3.8, 4) is 51.0 Å². The monoisotopic (exact) mass is 921 g/mol. The summed E-state index contributed by atoms with van der Waals surface area (Å²) in [5.74, 6) is 0.607. The number of nitrogens with two attached hydrogens (primary N) is 1. The van der Waals surface area contributed by atoms with E-state index in [1.165, 1.54) is 27.1 Å². The molecule has 7 heteroatoms. The highest BCUT2D eigenvalue weighted by Crippen LogP contribution is 2.45. The lowest BCUT2D eigenvalue weighted by Crippen LogP contribution is -2.07. The fourth-order valence-corrected chi connectivity index (χ4v) is 11.7. The first-order valence-corrected chi connectivity index (χ1v) is 24.5. The summed E-state index contributed by atoms with van der Waals surface area (Å²) >= 11 is 0. The van der Waals surface area contributed by atoms with E-state index in [4.69, 9.17) is 15.7 Å². The van der Waals surface area contributed by atoms with Gasteiger partial charge in [0.25, 0.3) is 0 Å². The summed E-state index contributed by atoms with van der Waals surface area (Å²) in [5, 5.41) is 9.33. The Labute approximate surface area is 413 Å². The van der Waals surface area contributed by atoms with Gasteiger partial charge < -0.3 is 19.4 Å². The van der Waals surface area contributed by atoms with E-state index in [2.05, 4.69) is 243 Å². The lowest BCUT2D eigenvalue weighted by Gasteiger charge is -2.14. The topological polar surface area (TPSA) is 71.5 Å². The second-order valence-corrected chi connectivity index (χ2v) is 18.7. The lowest BCUT2D eigenvalue weighted by atomic mass is 10.00. The molecular weight excluding hydrogens is 879 g/mol. The molecule has 0 spiro atoms. The van der Waals surface area contributed by atoms with Gasteiger partial charge in [-0.1, -0.05) is 170 Å². The van der Waals surface area contributed by atoms with Crippen molar-refractivity contribution in [3.63, 3.8) is 0 Å². The molecule has 10 aromatic carbocycles. The predicted octanol–water partition coefficient (Wildman–Crippen LogP) is 15.8. The van der Waals surface area contributed by atoms with Crippen LogP contribution in [0, 0.1) is 0 Å². The number of hydrogen-bond acceptors (Lipinski definition) is 3. The Kier molecular flexibility index (Phi) is 8.81. The first-order chi connectivity index (χ1) is 35.7. The predicted molar refractivity (Wildman–Crippen MR) is 299 cm³/mol. The molecule has 0 amide bonds. The maximum atomic E-state index is 6.75. The molecular formula is C65H43N7. The second kappa shape index (κ2) is 15.7. The van der Waals surface area contributed by atoms with Gasteiger partial charge in [0, 0.05) is 65.6 Å². The van der Waals surface area contributed by atoms with Crippen molar-refractivity contribution in [1.82, 2.24) is 28.2 Å². The average molecular weight is 922 g/mol. The van der Waals surface area contributed by atoms with E-state index in [0.717, 1.165) is 105 Å². The highest BCUT2D eigenvalue weighted by molar-refractivity contribution is 6.25. The summed E-state index contributed by atoms with van der Waals surface area (Å²) < 4.78 is 9.41. The molecule has 5 aromatic heterocycles. The van der Waals surface area contributed by atoms with Crippen molar-refractivity contribution in [2.24, 2.45) is 5.73 Å². The largest absolute Gasteiger partial charge is 0.325 e. The summed E-state index contributed by atoms with van der Waals surface area (Å²) in [6, 6.07) is 84.7. The van der Waals surface area contributed by atoms with Crippen LogP contribution in [0.4, 0.5) is 0 Å². The Hall–Kier alpha value is -9.56. The van der Waals surface area contributed by atoms with Crippen LogP contribution in [0.15, 0.2) is 237 Å². The van der Waals surface area contributed by atoms with Crippen molar-refractivity contribution in [2.75, 3.05) is 0 Å². The second-order valence-electron chi connectivity index (χ2n) is 18.7. The smallest absolute Gasteiger partial charge is 0.235 e. The molecule has 0 saturated carbocycles. The SMILES string of the molecule is NCn1c2ccc(-c3ccc4c(c3)c3ccc5c6ccccc6n(-c6ccccc6)c5c3n4-c3nc(-c4ccccc4)cc(-c4ccccc4)n3)cc2c2ccc3c4ccccc4n(-c4ccccc4)c3c21. The zero-order chi connectivity index (χ0) is 47.4. The van der Waals surface area contributed by atoms with Gasteiger partial charge in [0.15, 0.2) is 0 Å². The standard InChI is InChI=1S/C65H43N7/c66-40-69-57-35-29-43(37-53(57)51-33-31-49-47-25-13-15-27-58(47)70(62(49)61(51)69)45-21-9-3-10-22-45)44-30-36-60-54(38-44)52-34-32-50-48-26-14-16-28-59(48)71(46-23-11-4-12-24-46)63(50)64(52)72(60)65-67-55(41-17-5-1-6-18-41)39-56(68-65)42-19-7-2-8-20-42/h1-39H,40,66H2. The van der Waals surface area contributed by atoms with E-state index in [9.17, 15) is 0 Å². The average Bonchev–Trinajstić information content (AvgIpc) is 4.18. The van der Waals surface area contributed by atoms with E-state index in [1.54, 1.807) is 0 Å². The molecule has 0 unspecified atom stereocenters. The summed E-state index contributed by atoms with van der Waals surface area (Å²) in [6.45, 7) is 0.341. The normalized spacial score (nSPS) is 12.0. The molecule has 0 aliphatic rings. The van der Waals surface area contributed by atoms with Crippen molar-refractivity contribution >= 4 is 87.2 Å². The molecule has 5 heterocycles. The molecule has 0 saturated heterocycles. The summed E-state index contributed by atoms with van der Waals surface area (Å²) in [6.07, 6.45) is 0. The zero-order valence-corrected chi connectivity index (χ0v) is 39.0. The quantitative estimate of drug-likeness (QED) is 0.173. The third-order valence-electron chi connectivity index (χ3n) is 14.8. The Morgan fingerprint density at radius 1 is 0.292 bits per heavy atom. The highest BCUT2D eigenvalue weighted by atomic mass is 15.2. The van der Waals surface area contributed by atoms with Gasteiger partial charge in [0.05, 0.1) is 62.2 Å². The van der Waals surface area contributed by atoms with Crippen molar-refractivity contribution in [2.45, 2.75) is 6.67 Å². The van der Waals surface area contributed by atoms with Gasteiger partial charge in [-0.05, 0) is 77.9 Å². The fourth-order valence-electron chi connectivity index (χ4n) is 11.7. The molecule has 0 fully saturated rings. The minimum Gasteiger partial charge on any atom is -0.325 e. The van der Waals surface area contributed by atoms with Gasteiger partial charge in [-0.25, -0.2) is 9.97 Å². The van der Waals surface area contributed by atoms with Crippen molar-refractivity contribution < 1.29 is 0 Å². The molecule has 338 valence electrons. The van der Waals surface area contributed by atoms with Gasteiger partial charge >= 0.3 is 0 Å². The molecule has 72 heavy (non-hydrogen) atoms. The van der Waals surface area contributed by atoms with E-state index < -0.39 is 0 Å². The van der Waals surface area contributed by atoms with Crippen LogP contribution >= 0.6 is 0 Å². The van der Waals surface area contributed by atoms with Crippen LogP contribution in [0.5, 0.6) is 0 Å². The van der Waals surface area contributed by atoms with Crippen LogP contribution in [-0.2, 0) is 6.67 Å². The number of para-hydroxylation sites is 4. The van der Waals surface area contributed by atoms with Crippen LogP contribution in [0.2, 0.25) is 0 Å². The maximum Gasteiger partial charge on any atom is 0.235 e. The number of rotatable bonds is 7. The van der Waals surface area contributed by atoms with Crippen LogP contribution in [0.3, 0.4) is 0 Å². The number of nitrogens with zero attached hydrogens (tertiary/aromatic N) is 6. The van der Waals surface area contributed by atoms with Crippen molar-refractivity contribution in [1.29, 1.82) is 0 Å². The number of aromatic nitrogens is 6. The zero-order valence-electron chi connectivity index (χ0n) is 39.0. The van der Waals surface area contributed by atoms with Gasteiger partial charge in [0.2, 0.25) is 5.95 Å². The molecule has 2 N–H and O–H groups in total. The minimum absolute atomic E-state index is 0.341. The van der Waals surface area contributed by atoms with E-state index >= 15 is 0 Å². The Morgan fingerprint density at radius 3 is 1.19 bits per heavy atom. The molecule has 0 bridgehead atoms. The summed E-state index contributed by atoms with van der Waals surface area (Å²) in [4.78, 5) is 11.0. The van der Waals surface area contributed by atoms with E-state index in [-0.39, 0.29) is 0 Å². The van der Waals surface area contributed by atoms with Gasteiger partial charge in [-0.15, -0.1) is 0 Å². The maximum absolute atomic E-state index is 6.75. The Bertz CT molecular complexity index is 4580. The fraction of sp³-hybridized carbons (Fsp3) is 0.0154. The van der Waals surface area contributed by atoms with E-state index in [0.29, 0.717) is 12.6 Å². The molecule has 7 nitrogen and oxygen atoms in total. The Balaban J connectivity index is 1.02. The first-order valence-electron chi connectivity index (χ1n) is 24.5. The van der Waals surface area contributed by atoms with E-state index in [1.807, 2.05) is 12.1 Å². The molecule has 0 atom stereocenters. The third kappa shape index (κ3) is 5.89. The number of benzene rings is 10. The van der Waals surface area contributed by atoms with Crippen LogP contribution in [-0.4, -0.2) is 28.2 Å². The van der Waals surface area contributed by atoms with Crippen LogP contribution < -0.4 is 5.73 Å². The molecule has 15 aromatic rings. The first kappa shape index (κ1) is 40.3. The molecule has 15 rings (SSSR count). The number of fused-ring (bicyclic) bond motifs is 14. The van der Waals surface area contributed by atoms with Crippen LogP contribution in [0.25, 0.3) is 138 Å². The van der Waals surface area contributed by atoms with Gasteiger partial charge in [0.1, 0.15) is 0 Å². The van der Waals surface area contributed by atoms with Crippen LogP contribution in [0.1, 0.15) is 0 Å². The molecule has 0 radical (unpaired) electrons. The summed E-state index contributed by atoms with van der Waals surface area (Å²) in [7, 11) is 0. The highest BCUT2D eigenvalue weighted by Gasteiger charge is 2.25. The minimum atomic E-state index is 0.341. The number of hydrogen-bond donors (Lipinski definition) is 1. The molecule has 0 aliphatic carbocycles. The third-order valence-corrected chi connectivity index (χ3v) is 14.8. The molecule has 0 aliphatic heterocycles. The lowest BCUT2D eigenvalue weighted by molar-refractivity contribution is 0.791. The van der Waals surface area contributed by atoms with Gasteiger partial charge in [-0.3, -0.25) is 4.57 Å².